The van der Waals surface area contributed by atoms with Crippen LogP contribution >= 0.6 is 7.82 Å². The monoisotopic (exact) mass is 260 g/mol. The van der Waals surface area contributed by atoms with Gasteiger partial charge in [-0.1, -0.05) is 0 Å². The van der Waals surface area contributed by atoms with Gasteiger partial charge in [0.25, 0.3) is 0 Å². The van der Waals surface area contributed by atoms with Crippen LogP contribution in [0.15, 0.2) is 0 Å². The predicted octanol–water partition coefficient (Wildman–Crippen LogP) is -3.10. The Morgan fingerprint density at radius 3 is 2.38 bits per heavy atom. The van der Waals surface area contributed by atoms with Gasteiger partial charge in [0.2, 0.25) is 5.79 Å². The van der Waals surface area contributed by atoms with E-state index in [0.717, 1.165) is 0 Å². The Labute approximate surface area is 90.1 Å². The third-order valence-electron chi connectivity index (χ3n) is 2.16. The zero-order chi connectivity index (χ0) is 12.6. The smallest absolute Gasteiger partial charge is 0.391 e. The van der Waals surface area contributed by atoms with Gasteiger partial charge in [0.1, 0.15) is 24.9 Å². The van der Waals surface area contributed by atoms with Crippen molar-refractivity contribution in [3.63, 3.8) is 0 Å². The van der Waals surface area contributed by atoms with Crippen molar-refractivity contribution in [3.8, 4) is 0 Å². The molecule has 1 unspecified atom stereocenters. The van der Waals surface area contributed by atoms with Crippen molar-refractivity contribution in [2.75, 3.05) is 13.2 Å². The molecule has 0 aromatic carbocycles. The van der Waals surface area contributed by atoms with E-state index in [9.17, 15) is 14.8 Å². The number of aliphatic hydroxyl groups excluding tert-OH is 4. The normalized spacial score (nSPS) is 41.0. The second-order valence-electron chi connectivity index (χ2n) is 3.37. The summed E-state index contributed by atoms with van der Waals surface area (Å²) in [4.78, 5) is 17.2. The summed E-state index contributed by atoms with van der Waals surface area (Å²) in [5.41, 5.74) is 0. The van der Waals surface area contributed by atoms with Gasteiger partial charge in [-0.3, -0.25) is 0 Å². The Bertz CT molecular complexity index is 290. The maximum Gasteiger partial charge on any atom is 0.472 e. The van der Waals surface area contributed by atoms with E-state index in [2.05, 4.69) is 9.26 Å². The molecule has 10 heteroatoms. The first-order chi connectivity index (χ1) is 7.22. The Kier molecular flexibility index (Phi) is 4.06. The molecule has 96 valence electrons. The predicted molar refractivity (Wildman–Crippen MR) is 46.9 cm³/mol. The van der Waals surface area contributed by atoms with Gasteiger partial charge < -0.3 is 34.9 Å². The van der Waals surface area contributed by atoms with Crippen LogP contribution in [0.5, 0.6) is 0 Å². The number of rotatable bonds is 3. The van der Waals surface area contributed by atoms with Crippen LogP contribution in [0.3, 0.4) is 0 Å². The van der Waals surface area contributed by atoms with Crippen LogP contribution in [0.4, 0.5) is 0 Å². The van der Waals surface area contributed by atoms with Crippen LogP contribution in [0, 0.1) is 0 Å². The van der Waals surface area contributed by atoms with E-state index in [1.807, 2.05) is 0 Å². The maximum absolute atomic E-state index is 10.6. The van der Waals surface area contributed by atoms with E-state index in [0.29, 0.717) is 0 Å². The van der Waals surface area contributed by atoms with Crippen molar-refractivity contribution in [2.24, 2.45) is 0 Å². The quantitative estimate of drug-likeness (QED) is 0.289. The molecule has 1 fully saturated rings. The summed E-state index contributed by atoms with van der Waals surface area (Å²) >= 11 is 0. The van der Waals surface area contributed by atoms with E-state index in [4.69, 9.17) is 20.0 Å². The van der Waals surface area contributed by atoms with Gasteiger partial charge in [0, 0.05) is 0 Å². The minimum absolute atomic E-state index is 0.543. The molecule has 16 heavy (non-hydrogen) atoms. The van der Waals surface area contributed by atoms with E-state index >= 15 is 0 Å². The van der Waals surface area contributed by atoms with Crippen molar-refractivity contribution in [1.82, 2.24) is 0 Å². The number of phosphoric ester groups is 1. The van der Waals surface area contributed by atoms with Gasteiger partial charge in [-0.25, -0.2) is 9.09 Å². The molecule has 1 aliphatic heterocycles. The van der Waals surface area contributed by atoms with E-state index < -0.39 is 45.1 Å². The highest BCUT2D eigenvalue weighted by Crippen LogP contribution is 2.44. The van der Waals surface area contributed by atoms with Gasteiger partial charge in [-0.05, 0) is 0 Å². The average Bonchev–Trinajstić information content (AvgIpc) is 2.18. The summed E-state index contributed by atoms with van der Waals surface area (Å²) in [7, 11) is -5.04. The Morgan fingerprint density at radius 1 is 1.38 bits per heavy atom. The molecule has 1 heterocycles. The van der Waals surface area contributed by atoms with Crippen LogP contribution in [-0.4, -0.2) is 67.5 Å². The highest BCUT2D eigenvalue weighted by molar-refractivity contribution is 7.46. The second kappa shape index (κ2) is 4.65. The first-order valence-electron chi connectivity index (χ1n) is 4.27. The SMILES string of the molecule is O=P(O)(O)OC1(CO)OC[C@@H](O)[C@@H](O)[C@@H]1O. The van der Waals surface area contributed by atoms with Crippen LogP contribution in [-0.2, 0) is 13.8 Å². The van der Waals surface area contributed by atoms with E-state index in [1.54, 1.807) is 0 Å². The summed E-state index contributed by atoms with van der Waals surface area (Å²) in [6, 6.07) is 0. The van der Waals surface area contributed by atoms with Crippen LogP contribution in [0.2, 0.25) is 0 Å². The fourth-order valence-electron chi connectivity index (χ4n) is 1.33. The Morgan fingerprint density at radius 2 is 1.94 bits per heavy atom. The number of aliphatic hydroxyl groups is 4. The first-order valence-corrected chi connectivity index (χ1v) is 5.80. The fourth-order valence-corrected chi connectivity index (χ4v) is 1.95. The molecule has 9 nitrogen and oxygen atoms in total. The summed E-state index contributed by atoms with van der Waals surface area (Å²) in [5, 5.41) is 36.8. The highest BCUT2D eigenvalue weighted by Gasteiger charge is 2.53. The third kappa shape index (κ3) is 2.77. The summed E-state index contributed by atoms with van der Waals surface area (Å²) in [6.07, 6.45) is -5.17. The molecule has 0 amide bonds. The van der Waals surface area contributed by atoms with Gasteiger partial charge in [0.05, 0.1) is 6.61 Å². The zero-order valence-electron chi connectivity index (χ0n) is 8.00. The standard InChI is InChI=1S/C6H13O9P/c7-2-6(15-16(11,12)13)5(10)4(9)3(8)1-14-6/h3-5,7-10H,1-2H2,(H2,11,12,13)/t3-,4-,5+,6?/m1/s1. The van der Waals surface area contributed by atoms with Crippen LogP contribution in [0.1, 0.15) is 0 Å². The van der Waals surface area contributed by atoms with E-state index in [1.165, 1.54) is 0 Å². The lowest BCUT2D eigenvalue weighted by molar-refractivity contribution is -0.322. The second-order valence-corrected chi connectivity index (χ2v) is 4.53. The summed E-state index contributed by atoms with van der Waals surface area (Å²) in [5.74, 6) is -2.45. The Hall–Kier alpha value is -0.0900. The third-order valence-corrected chi connectivity index (χ3v) is 2.71. The topological polar surface area (TPSA) is 157 Å². The lowest BCUT2D eigenvalue weighted by Gasteiger charge is -2.43. The summed E-state index contributed by atoms with van der Waals surface area (Å²) < 4.78 is 19.4. The van der Waals surface area contributed by atoms with Crippen molar-refractivity contribution in [3.05, 3.63) is 0 Å². The lowest BCUT2D eigenvalue weighted by Crippen LogP contribution is -2.63. The largest absolute Gasteiger partial charge is 0.472 e. The molecule has 4 atom stereocenters. The molecule has 1 rings (SSSR count). The zero-order valence-corrected chi connectivity index (χ0v) is 8.90. The van der Waals surface area contributed by atoms with Gasteiger partial charge in [-0.15, -0.1) is 0 Å². The molecule has 6 N–H and O–H groups in total. The summed E-state index contributed by atoms with van der Waals surface area (Å²) in [6.45, 7) is -1.64. The average molecular weight is 260 g/mol. The van der Waals surface area contributed by atoms with Crippen LogP contribution < -0.4 is 0 Å². The number of hydrogen-bond donors (Lipinski definition) is 6. The van der Waals surface area contributed by atoms with Crippen LogP contribution in [0.25, 0.3) is 0 Å². The number of ether oxygens (including phenoxy) is 1. The molecular formula is C6H13O9P. The molecule has 0 radical (unpaired) electrons. The molecule has 1 aliphatic rings. The van der Waals surface area contributed by atoms with Crippen molar-refractivity contribution in [2.45, 2.75) is 24.1 Å². The number of phosphoric acid groups is 1. The first kappa shape index (κ1) is 14.0. The van der Waals surface area contributed by atoms with E-state index in [-0.39, 0.29) is 0 Å². The van der Waals surface area contributed by atoms with Gasteiger partial charge in [0.15, 0.2) is 0 Å². The molecule has 0 saturated carbocycles. The molecule has 0 aromatic heterocycles. The minimum atomic E-state index is -5.04. The molecule has 0 aliphatic carbocycles. The molecule has 1 saturated heterocycles. The lowest BCUT2D eigenvalue weighted by atomic mass is 9.98. The fraction of sp³-hybridized carbons (Fsp3) is 1.00. The van der Waals surface area contributed by atoms with Gasteiger partial charge >= 0.3 is 7.82 Å². The minimum Gasteiger partial charge on any atom is -0.391 e. The van der Waals surface area contributed by atoms with Crippen molar-refractivity contribution < 1.29 is 44.0 Å². The molecule has 0 aromatic rings. The van der Waals surface area contributed by atoms with Crippen molar-refractivity contribution >= 4 is 7.82 Å². The van der Waals surface area contributed by atoms with Gasteiger partial charge in [-0.2, -0.15) is 0 Å². The van der Waals surface area contributed by atoms with Crippen molar-refractivity contribution in [1.29, 1.82) is 0 Å². The number of hydrogen-bond acceptors (Lipinski definition) is 7. The maximum atomic E-state index is 10.6. The molecule has 0 bridgehead atoms. The molecular weight excluding hydrogens is 247 g/mol. The molecule has 0 spiro atoms. The highest BCUT2D eigenvalue weighted by atomic mass is 31.2. The Balaban J connectivity index is 2.91.